The largest absolute Gasteiger partial charge is 0.264 e. The van der Waals surface area contributed by atoms with Crippen LogP contribution in [-0.4, -0.2) is 4.98 Å². The van der Waals surface area contributed by atoms with E-state index in [4.69, 9.17) is 11.2 Å². The van der Waals surface area contributed by atoms with Gasteiger partial charge in [-0.05, 0) is 19.6 Å². The number of rotatable bonds is 2. The predicted octanol–water partition coefficient (Wildman–Crippen LogP) is 2.41. The molecule has 1 rings (SSSR count). The predicted molar refractivity (Wildman–Crippen MR) is 42.1 cm³/mol. The SMILES string of the molecule is ClPCc1cccnc1. The van der Waals surface area contributed by atoms with Crippen molar-refractivity contribution in [3.05, 3.63) is 30.1 Å². The Labute approximate surface area is 61.0 Å². The van der Waals surface area contributed by atoms with Crippen molar-refractivity contribution in [2.24, 2.45) is 0 Å². The number of aromatic nitrogens is 1. The highest BCUT2D eigenvalue weighted by Crippen LogP contribution is 2.21. The summed E-state index contributed by atoms with van der Waals surface area (Å²) < 4.78 is 0. The smallest absolute Gasteiger partial charge is 0.0303 e. The van der Waals surface area contributed by atoms with Gasteiger partial charge >= 0.3 is 0 Å². The van der Waals surface area contributed by atoms with Gasteiger partial charge in [0.1, 0.15) is 0 Å². The summed E-state index contributed by atoms with van der Waals surface area (Å²) in [6.07, 6.45) is 4.55. The van der Waals surface area contributed by atoms with Gasteiger partial charge in [0, 0.05) is 18.6 Å². The van der Waals surface area contributed by atoms with Crippen LogP contribution in [0.3, 0.4) is 0 Å². The van der Waals surface area contributed by atoms with E-state index in [0.717, 1.165) is 6.16 Å². The lowest BCUT2D eigenvalue weighted by Gasteiger charge is -1.91. The lowest BCUT2D eigenvalue weighted by molar-refractivity contribution is 1.25. The van der Waals surface area contributed by atoms with Crippen molar-refractivity contribution >= 4 is 19.2 Å². The van der Waals surface area contributed by atoms with Gasteiger partial charge in [-0.1, -0.05) is 17.3 Å². The van der Waals surface area contributed by atoms with Gasteiger partial charge in [0.15, 0.2) is 0 Å². The minimum Gasteiger partial charge on any atom is -0.264 e. The first-order chi connectivity index (χ1) is 4.43. The summed E-state index contributed by atoms with van der Waals surface area (Å²) in [6.45, 7) is 0. The Balaban J connectivity index is 2.61. The van der Waals surface area contributed by atoms with E-state index >= 15 is 0 Å². The fraction of sp³-hybridized carbons (Fsp3) is 0.167. The fourth-order valence-corrected chi connectivity index (χ4v) is 1.41. The van der Waals surface area contributed by atoms with Crippen molar-refractivity contribution in [1.29, 1.82) is 0 Å². The molecular formula is C6H7ClNP. The molecule has 1 nitrogen and oxygen atoms in total. The second kappa shape index (κ2) is 3.81. The Bertz CT molecular complexity index is 166. The Morgan fingerprint density at radius 1 is 1.67 bits per heavy atom. The molecule has 1 atom stereocenters. The topological polar surface area (TPSA) is 12.9 Å². The molecule has 0 aliphatic rings. The third-order valence-corrected chi connectivity index (χ3v) is 1.94. The van der Waals surface area contributed by atoms with Crippen molar-refractivity contribution in [2.45, 2.75) is 6.16 Å². The van der Waals surface area contributed by atoms with E-state index in [1.807, 2.05) is 18.3 Å². The van der Waals surface area contributed by atoms with E-state index in [2.05, 4.69) is 4.98 Å². The quantitative estimate of drug-likeness (QED) is 0.604. The molecule has 48 valence electrons. The molecule has 1 unspecified atom stereocenters. The molecule has 0 N–H and O–H groups in total. The summed E-state index contributed by atoms with van der Waals surface area (Å²) in [4.78, 5) is 3.95. The number of hydrogen-bond acceptors (Lipinski definition) is 1. The summed E-state index contributed by atoms with van der Waals surface area (Å²) >= 11 is 5.54. The van der Waals surface area contributed by atoms with Crippen molar-refractivity contribution in [1.82, 2.24) is 4.98 Å². The number of pyridine rings is 1. The lowest BCUT2D eigenvalue weighted by atomic mass is 10.3. The number of hydrogen-bond donors (Lipinski definition) is 0. The maximum Gasteiger partial charge on any atom is 0.0303 e. The third kappa shape index (κ3) is 2.30. The second-order valence-electron chi connectivity index (χ2n) is 1.67. The van der Waals surface area contributed by atoms with Crippen LogP contribution in [0.5, 0.6) is 0 Å². The maximum absolute atomic E-state index is 5.54. The van der Waals surface area contributed by atoms with E-state index in [1.165, 1.54) is 5.56 Å². The zero-order valence-electron chi connectivity index (χ0n) is 4.84. The summed E-state index contributed by atoms with van der Waals surface area (Å²) in [5, 5.41) is 0. The van der Waals surface area contributed by atoms with Crippen LogP contribution < -0.4 is 0 Å². The molecule has 0 saturated carbocycles. The van der Waals surface area contributed by atoms with Gasteiger partial charge in [0.2, 0.25) is 0 Å². The average molecular weight is 160 g/mol. The van der Waals surface area contributed by atoms with E-state index in [0.29, 0.717) is 7.93 Å². The first-order valence-electron chi connectivity index (χ1n) is 2.66. The van der Waals surface area contributed by atoms with Crippen LogP contribution in [0.2, 0.25) is 0 Å². The average Bonchev–Trinajstić information content (AvgIpc) is 1.91. The minimum atomic E-state index is 0.467. The van der Waals surface area contributed by atoms with Crippen LogP contribution in [0.1, 0.15) is 5.56 Å². The molecule has 0 aliphatic carbocycles. The molecule has 1 aromatic rings. The zero-order chi connectivity index (χ0) is 6.53. The van der Waals surface area contributed by atoms with E-state index in [1.54, 1.807) is 6.20 Å². The molecule has 1 aromatic heterocycles. The first kappa shape index (κ1) is 6.98. The van der Waals surface area contributed by atoms with Gasteiger partial charge in [-0.25, -0.2) is 0 Å². The van der Waals surface area contributed by atoms with Crippen LogP contribution in [0.25, 0.3) is 0 Å². The molecule has 0 aromatic carbocycles. The van der Waals surface area contributed by atoms with Gasteiger partial charge in [0.05, 0.1) is 0 Å². The Hall–Kier alpha value is -0.130. The molecule has 0 saturated heterocycles. The second-order valence-corrected chi connectivity index (χ2v) is 3.09. The minimum absolute atomic E-state index is 0.467. The van der Waals surface area contributed by atoms with Crippen LogP contribution >= 0.6 is 19.2 Å². The van der Waals surface area contributed by atoms with E-state index < -0.39 is 0 Å². The summed E-state index contributed by atoms with van der Waals surface area (Å²) in [5.41, 5.74) is 1.21. The van der Waals surface area contributed by atoms with E-state index in [-0.39, 0.29) is 0 Å². The van der Waals surface area contributed by atoms with Crippen LogP contribution in [0.4, 0.5) is 0 Å². The Kier molecular flexibility index (Phi) is 2.96. The number of halogens is 1. The van der Waals surface area contributed by atoms with Crippen molar-refractivity contribution in [2.75, 3.05) is 0 Å². The van der Waals surface area contributed by atoms with Crippen LogP contribution in [-0.2, 0) is 6.16 Å². The molecule has 0 fully saturated rings. The first-order valence-corrected chi connectivity index (χ1v) is 4.88. The molecule has 1 heterocycles. The van der Waals surface area contributed by atoms with E-state index in [9.17, 15) is 0 Å². The monoisotopic (exact) mass is 159 g/mol. The highest BCUT2D eigenvalue weighted by molar-refractivity contribution is 7.67. The lowest BCUT2D eigenvalue weighted by Crippen LogP contribution is -1.76. The Morgan fingerprint density at radius 3 is 3.11 bits per heavy atom. The third-order valence-electron chi connectivity index (χ3n) is 0.994. The molecular weight excluding hydrogens is 152 g/mol. The van der Waals surface area contributed by atoms with Crippen molar-refractivity contribution in [3.63, 3.8) is 0 Å². The molecule has 0 radical (unpaired) electrons. The normalized spacial score (nSPS) is 10.8. The summed E-state index contributed by atoms with van der Waals surface area (Å²) in [5.74, 6) is 0. The molecule has 0 aliphatic heterocycles. The van der Waals surface area contributed by atoms with Gasteiger partial charge in [0.25, 0.3) is 0 Å². The van der Waals surface area contributed by atoms with Crippen LogP contribution in [0.15, 0.2) is 24.5 Å². The van der Waals surface area contributed by atoms with Gasteiger partial charge in [-0.3, -0.25) is 4.98 Å². The zero-order valence-corrected chi connectivity index (χ0v) is 6.60. The van der Waals surface area contributed by atoms with Gasteiger partial charge < -0.3 is 0 Å². The molecule has 3 heteroatoms. The number of nitrogens with zero attached hydrogens (tertiary/aromatic N) is 1. The highest BCUT2D eigenvalue weighted by Gasteiger charge is 1.86. The van der Waals surface area contributed by atoms with Gasteiger partial charge in [-0.15, -0.1) is 0 Å². The van der Waals surface area contributed by atoms with Crippen molar-refractivity contribution < 1.29 is 0 Å². The summed E-state index contributed by atoms with van der Waals surface area (Å²) in [7, 11) is 0.467. The standard InChI is InChI=1S/C6H7ClNP/c7-9-5-6-2-1-3-8-4-6/h1-4,9H,5H2. The van der Waals surface area contributed by atoms with Crippen LogP contribution in [0, 0.1) is 0 Å². The molecule has 0 bridgehead atoms. The maximum atomic E-state index is 5.54. The Morgan fingerprint density at radius 2 is 2.56 bits per heavy atom. The van der Waals surface area contributed by atoms with Gasteiger partial charge in [-0.2, -0.15) is 0 Å². The molecule has 9 heavy (non-hydrogen) atoms. The van der Waals surface area contributed by atoms with Crippen molar-refractivity contribution in [3.8, 4) is 0 Å². The highest BCUT2D eigenvalue weighted by atomic mass is 35.7. The molecule has 0 amide bonds. The summed E-state index contributed by atoms with van der Waals surface area (Å²) in [6, 6.07) is 3.95. The molecule has 0 spiro atoms. The fourth-order valence-electron chi connectivity index (χ4n) is 0.580.